The summed E-state index contributed by atoms with van der Waals surface area (Å²) in [5.41, 5.74) is 1.26. The monoisotopic (exact) mass is 302 g/mol. The van der Waals surface area contributed by atoms with E-state index < -0.39 is 11.4 Å². The molecule has 2 heteroatoms. The van der Waals surface area contributed by atoms with Gasteiger partial charge in [0.1, 0.15) is 0 Å². The zero-order valence-corrected chi connectivity index (χ0v) is 14.3. The van der Waals surface area contributed by atoms with Crippen LogP contribution < -0.4 is 0 Å². The van der Waals surface area contributed by atoms with Crippen LogP contribution >= 0.6 is 0 Å². The largest absolute Gasteiger partial charge is 0.481 e. The van der Waals surface area contributed by atoms with E-state index >= 15 is 0 Å². The lowest BCUT2D eigenvalue weighted by Gasteiger charge is -2.59. The van der Waals surface area contributed by atoms with Gasteiger partial charge in [-0.3, -0.25) is 4.79 Å². The summed E-state index contributed by atoms with van der Waals surface area (Å²) in [6.07, 6.45) is 12.1. The third-order valence-electron chi connectivity index (χ3n) is 7.51. The summed E-state index contributed by atoms with van der Waals surface area (Å²) >= 11 is 0. The van der Waals surface area contributed by atoms with E-state index in [1.807, 2.05) is 6.92 Å². The Hall–Kier alpha value is -1.05. The summed E-state index contributed by atoms with van der Waals surface area (Å²) in [6.45, 7) is 10.8. The van der Waals surface area contributed by atoms with Crippen LogP contribution in [0.3, 0.4) is 0 Å². The molecule has 2 nitrogen and oxygen atoms in total. The third kappa shape index (κ3) is 1.95. The first-order chi connectivity index (χ1) is 10.3. The molecule has 0 aliphatic heterocycles. The Bertz CT molecular complexity index is 534. The average Bonchev–Trinajstić information content (AvgIpc) is 2.47. The van der Waals surface area contributed by atoms with Gasteiger partial charge in [-0.2, -0.15) is 0 Å². The van der Waals surface area contributed by atoms with Crippen LogP contribution in [-0.2, 0) is 4.79 Å². The van der Waals surface area contributed by atoms with Gasteiger partial charge in [-0.05, 0) is 68.1 Å². The number of carboxylic acid groups (broad SMARTS) is 1. The van der Waals surface area contributed by atoms with Gasteiger partial charge >= 0.3 is 5.97 Å². The lowest BCUT2D eigenvalue weighted by atomic mass is 9.44. The summed E-state index contributed by atoms with van der Waals surface area (Å²) in [4.78, 5) is 12.0. The van der Waals surface area contributed by atoms with Crippen molar-refractivity contribution in [3.8, 4) is 0 Å². The van der Waals surface area contributed by atoms with Crippen LogP contribution in [0.15, 0.2) is 24.3 Å². The molecule has 2 saturated carbocycles. The maximum atomic E-state index is 12.0. The second kappa shape index (κ2) is 4.97. The Kier molecular flexibility index (Phi) is 3.58. The van der Waals surface area contributed by atoms with Gasteiger partial charge in [-0.1, -0.05) is 38.0 Å². The van der Waals surface area contributed by atoms with Crippen molar-refractivity contribution >= 4 is 5.97 Å². The fraction of sp³-hybridized carbons (Fsp3) is 0.750. The van der Waals surface area contributed by atoms with E-state index in [4.69, 9.17) is 0 Å². The molecule has 0 heterocycles. The quantitative estimate of drug-likeness (QED) is 0.711. The maximum absolute atomic E-state index is 12.0. The third-order valence-corrected chi connectivity index (χ3v) is 7.51. The molecule has 22 heavy (non-hydrogen) atoms. The molecule has 122 valence electrons. The van der Waals surface area contributed by atoms with E-state index in [-0.39, 0.29) is 16.7 Å². The molecule has 1 N–H and O–H groups in total. The number of carbonyl (C=O) groups is 1. The molecule has 3 rings (SSSR count). The van der Waals surface area contributed by atoms with Crippen LogP contribution in [0.25, 0.3) is 0 Å². The maximum Gasteiger partial charge on any atom is 0.309 e. The summed E-state index contributed by atoms with van der Waals surface area (Å²) in [5, 5.41) is 9.86. The predicted molar refractivity (Wildman–Crippen MR) is 89.5 cm³/mol. The standard InChI is InChI=1S/C20H30O2/c1-5-18(2)11-6-8-15-14(18)9-10-16-19(15,3)12-7-13-20(16,4)17(21)22/h5,8,14,16H,1,6-7,9-13H2,2-4H3,(H,21,22)/t14?,16?,18-,19-,20+/m0/s1. The molecule has 0 spiro atoms. The molecule has 2 unspecified atom stereocenters. The Labute approximate surface area is 134 Å². The first kappa shape index (κ1) is 15.8. The van der Waals surface area contributed by atoms with Crippen molar-refractivity contribution in [3.63, 3.8) is 0 Å². The highest BCUT2D eigenvalue weighted by Crippen LogP contribution is 2.65. The van der Waals surface area contributed by atoms with Crippen LogP contribution in [0, 0.1) is 28.1 Å². The Morgan fingerprint density at radius 1 is 1.27 bits per heavy atom. The van der Waals surface area contributed by atoms with Gasteiger partial charge in [0, 0.05) is 0 Å². The van der Waals surface area contributed by atoms with E-state index in [1.165, 1.54) is 6.42 Å². The van der Waals surface area contributed by atoms with E-state index in [0.29, 0.717) is 5.92 Å². The second-order valence-electron chi connectivity index (χ2n) is 8.58. The topological polar surface area (TPSA) is 37.3 Å². The van der Waals surface area contributed by atoms with Crippen LogP contribution in [0.5, 0.6) is 0 Å². The molecule has 0 radical (unpaired) electrons. The van der Waals surface area contributed by atoms with E-state index in [9.17, 15) is 9.90 Å². The van der Waals surface area contributed by atoms with Crippen molar-refractivity contribution in [1.29, 1.82) is 0 Å². The lowest BCUT2D eigenvalue weighted by Crippen LogP contribution is -2.54. The summed E-state index contributed by atoms with van der Waals surface area (Å²) < 4.78 is 0. The van der Waals surface area contributed by atoms with E-state index in [0.717, 1.165) is 38.5 Å². The normalized spacial score (nSPS) is 47.9. The van der Waals surface area contributed by atoms with Crippen molar-refractivity contribution in [2.45, 2.75) is 65.7 Å². The lowest BCUT2D eigenvalue weighted by molar-refractivity contribution is -0.160. The number of aliphatic carboxylic acids is 1. The molecule has 0 aromatic carbocycles. The number of allylic oxidation sites excluding steroid dienone is 3. The van der Waals surface area contributed by atoms with Gasteiger partial charge < -0.3 is 5.11 Å². The molecular weight excluding hydrogens is 272 g/mol. The number of rotatable bonds is 2. The fourth-order valence-corrected chi connectivity index (χ4v) is 6.02. The minimum atomic E-state index is -0.593. The van der Waals surface area contributed by atoms with Gasteiger partial charge in [-0.25, -0.2) is 0 Å². The zero-order valence-electron chi connectivity index (χ0n) is 14.3. The molecule has 3 aliphatic rings. The minimum absolute atomic E-state index is 0.0684. The van der Waals surface area contributed by atoms with Crippen molar-refractivity contribution in [2.24, 2.45) is 28.1 Å². The van der Waals surface area contributed by atoms with Crippen LogP contribution in [-0.4, -0.2) is 11.1 Å². The fourth-order valence-electron chi connectivity index (χ4n) is 6.02. The van der Waals surface area contributed by atoms with Gasteiger partial charge in [0.25, 0.3) is 0 Å². The molecular formula is C20H30O2. The van der Waals surface area contributed by atoms with Crippen LogP contribution in [0.4, 0.5) is 0 Å². The van der Waals surface area contributed by atoms with Crippen LogP contribution in [0.2, 0.25) is 0 Å². The highest BCUT2D eigenvalue weighted by molar-refractivity contribution is 5.75. The first-order valence-corrected chi connectivity index (χ1v) is 8.85. The minimum Gasteiger partial charge on any atom is -0.481 e. The molecule has 5 atom stereocenters. The van der Waals surface area contributed by atoms with Crippen molar-refractivity contribution < 1.29 is 9.90 Å². The zero-order chi connectivity index (χ0) is 16.2. The summed E-state index contributed by atoms with van der Waals surface area (Å²) in [7, 11) is 0. The molecule has 0 amide bonds. The number of fused-ring (bicyclic) bond motifs is 3. The second-order valence-corrected chi connectivity index (χ2v) is 8.58. The van der Waals surface area contributed by atoms with Crippen molar-refractivity contribution in [3.05, 3.63) is 24.3 Å². The number of hydrogen-bond acceptors (Lipinski definition) is 1. The predicted octanol–water partition coefficient (Wildman–Crippen LogP) is 5.21. The number of hydrogen-bond donors (Lipinski definition) is 1. The molecule has 0 aromatic heterocycles. The van der Waals surface area contributed by atoms with Crippen LogP contribution in [0.1, 0.15) is 65.7 Å². The van der Waals surface area contributed by atoms with Gasteiger partial charge in [0.05, 0.1) is 5.41 Å². The molecule has 3 aliphatic carbocycles. The molecule has 0 bridgehead atoms. The van der Waals surface area contributed by atoms with Crippen molar-refractivity contribution in [2.75, 3.05) is 0 Å². The highest BCUT2D eigenvalue weighted by Gasteiger charge is 2.58. The Balaban J connectivity index is 2.04. The smallest absolute Gasteiger partial charge is 0.309 e. The van der Waals surface area contributed by atoms with Gasteiger partial charge in [-0.15, -0.1) is 6.58 Å². The van der Waals surface area contributed by atoms with Crippen molar-refractivity contribution in [1.82, 2.24) is 0 Å². The SMILES string of the molecule is C=C[C@@]1(C)CCC=C2C1CCC1[C@](C)(C(=O)O)CCC[C@@]21C. The summed E-state index contributed by atoms with van der Waals surface area (Å²) in [6, 6.07) is 0. The summed E-state index contributed by atoms with van der Waals surface area (Å²) in [5.74, 6) is 0.252. The number of carboxylic acids is 1. The molecule has 2 fully saturated rings. The average molecular weight is 302 g/mol. The first-order valence-electron chi connectivity index (χ1n) is 8.85. The molecule has 0 saturated heterocycles. The van der Waals surface area contributed by atoms with Gasteiger partial charge in [0.15, 0.2) is 0 Å². The highest BCUT2D eigenvalue weighted by atomic mass is 16.4. The Morgan fingerprint density at radius 3 is 2.64 bits per heavy atom. The molecule has 0 aromatic rings. The van der Waals surface area contributed by atoms with E-state index in [2.05, 4.69) is 32.6 Å². The Morgan fingerprint density at radius 2 is 2.00 bits per heavy atom. The van der Waals surface area contributed by atoms with E-state index in [1.54, 1.807) is 5.57 Å². The van der Waals surface area contributed by atoms with Gasteiger partial charge in [0.2, 0.25) is 0 Å².